The van der Waals surface area contributed by atoms with E-state index in [1.807, 2.05) is 0 Å². The largest absolute Gasteiger partial charge is 0.481 e. The third-order valence-electron chi connectivity index (χ3n) is 3.28. The Balaban J connectivity index is 1.93. The molecule has 0 saturated carbocycles. The van der Waals surface area contributed by atoms with Crippen molar-refractivity contribution >= 4 is 23.5 Å². The van der Waals surface area contributed by atoms with Crippen molar-refractivity contribution < 1.29 is 14.7 Å². The maximum atomic E-state index is 12.2. The van der Waals surface area contributed by atoms with Crippen molar-refractivity contribution in [3.05, 3.63) is 29.0 Å². The summed E-state index contributed by atoms with van der Waals surface area (Å²) in [7, 11) is 0. The number of carbonyl (C=O) groups is 2. The number of rotatable bonds is 4. The van der Waals surface area contributed by atoms with E-state index in [0.29, 0.717) is 30.2 Å². The number of aliphatic carboxylic acids is 1. The number of carboxylic acids is 1. The van der Waals surface area contributed by atoms with Crippen LogP contribution in [0, 0.1) is 5.92 Å². The van der Waals surface area contributed by atoms with Crippen LogP contribution in [-0.4, -0.2) is 40.0 Å². The van der Waals surface area contributed by atoms with Crippen molar-refractivity contribution in [3.8, 4) is 0 Å². The van der Waals surface area contributed by atoms with E-state index < -0.39 is 5.97 Å². The Morgan fingerprint density at radius 2 is 2.32 bits per heavy atom. The molecule has 1 atom stereocenters. The monoisotopic (exact) mass is 282 g/mol. The number of hydrogen-bond acceptors (Lipinski definition) is 3. The number of aromatic nitrogens is 1. The summed E-state index contributed by atoms with van der Waals surface area (Å²) in [6.07, 6.45) is 3.12. The molecule has 0 aliphatic carbocycles. The molecular formula is C13H15ClN2O3. The van der Waals surface area contributed by atoms with Gasteiger partial charge in [0.25, 0.3) is 5.91 Å². The molecule has 6 heteroatoms. The van der Waals surface area contributed by atoms with Gasteiger partial charge in [0.1, 0.15) is 5.69 Å². The summed E-state index contributed by atoms with van der Waals surface area (Å²) < 4.78 is 0. The minimum Gasteiger partial charge on any atom is -0.481 e. The highest BCUT2D eigenvalue weighted by molar-refractivity contribution is 6.30. The number of nitrogens with zero attached hydrogens (tertiary/aromatic N) is 2. The van der Waals surface area contributed by atoms with Crippen LogP contribution in [-0.2, 0) is 4.79 Å². The summed E-state index contributed by atoms with van der Waals surface area (Å²) in [5.41, 5.74) is 0.339. The first-order valence-electron chi connectivity index (χ1n) is 6.19. The summed E-state index contributed by atoms with van der Waals surface area (Å²) in [6.45, 7) is 1.25. The van der Waals surface area contributed by atoms with Crippen LogP contribution in [0.4, 0.5) is 0 Å². The second kappa shape index (κ2) is 6.02. The topological polar surface area (TPSA) is 70.5 Å². The summed E-state index contributed by atoms with van der Waals surface area (Å²) in [4.78, 5) is 28.4. The smallest absolute Gasteiger partial charge is 0.303 e. The molecule has 1 aliphatic heterocycles. The SMILES string of the molecule is O=C(O)CCC1CCN(C(=O)c2cc(Cl)ccn2)C1. The molecule has 1 aromatic heterocycles. The number of halogens is 1. The first kappa shape index (κ1) is 13.8. The second-order valence-electron chi connectivity index (χ2n) is 4.70. The lowest BCUT2D eigenvalue weighted by Crippen LogP contribution is -2.29. The van der Waals surface area contributed by atoms with Crippen LogP contribution in [0.2, 0.25) is 5.02 Å². The fourth-order valence-electron chi connectivity index (χ4n) is 2.26. The minimum absolute atomic E-state index is 0.139. The molecule has 102 valence electrons. The van der Waals surface area contributed by atoms with Crippen molar-refractivity contribution in [3.63, 3.8) is 0 Å². The van der Waals surface area contributed by atoms with Crippen molar-refractivity contribution in [1.82, 2.24) is 9.88 Å². The highest BCUT2D eigenvalue weighted by atomic mass is 35.5. The Morgan fingerprint density at radius 1 is 1.53 bits per heavy atom. The van der Waals surface area contributed by atoms with Gasteiger partial charge in [-0.05, 0) is 30.9 Å². The second-order valence-corrected chi connectivity index (χ2v) is 5.13. The Kier molecular flexibility index (Phi) is 4.37. The van der Waals surface area contributed by atoms with Crippen molar-refractivity contribution in [2.45, 2.75) is 19.3 Å². The fraction of sp³-hybridized carbons (Fsp3) is 0.462. The maximum Gasteiger partial charge on any atom is 0.303 e. The van der Waals surface area contributed by atoms with Crippen LogP contribution >= 0.6 is 11.6 Å². The van der Waals surface area contributed by atoms with E-state index in [1.165, 1.54) is 6.20 Å². The summed E-state index contributed by atoms with van der Waals surface area (Å²) >= 11 is 5.83. The number of amides is 1. The van der Waals surface area contributed by atoms with E-state index in [2.05, 4.69) is 4.98 Å². The van der Waals surface area contributed by atoms with Crippen LogP contribution in [0.5, 0.6) is 0 Å². The zero-order valence-corrected chi connectivity index (χ0v) is 11.1. The normalized spacial score (nSPS) is 18.6. The quantitative estimate of drug-likeness (QED) is 0.918. The lowest BCUT2D eigenvalue weighted by Gasteiger charge is -2.15. The highest BCUT2D eigenvalue weighted by Gasteiger charge is 2.27. The molecule has 1 N–H and O–H groups in total. The zero-order chi connectivity index (χ0) is 13.8. The van der Waals surface area contributed by atoms with E-state index in [9.17, 15) is 9.59 Å². The molecule has 1 amide bonds. The van der Waals surface area contributed by atoms with E-state index in [4.69, 9.17) is 16.7 Å². The van der Waals surface area contributed by atoms with Gasteiger partial charge in [0.05, 0.1) is 0 Å². The number of hydrogen-bond donors (Lipinski definition) is 1. The fourth-order valence-corrected chi connectivity index (χ4v) is 2.42. The summed E-state index contributed by atoms with van der Waals surface area (Å²) in [6, 6.07) is 3.17. The lowest BCUT2D eigenvalue weighted by molar-refractivity contribution is -0.137. The molecule has 1 aliphatic rings. The zero-order valence-electron chi connectivity index (χ0n) is 10.4. The number of likely N-dealkylation sites (tertiary alicyclic amines) is 1. The van der Waals surface area contributed by atoms with E-state index in [-0.39, 0.29) is 18.2 Å². The molecule has 19 heavy (non-hydrogen) atoms. The Labute approximate surface area is 116 Å². The van der Waals surface area contributed by atoms with Gasteiger partial charge in [-0.15, -0.1) is 0 Å². The van der Waals surface area contributed by atoms with Crippen molar-refractivity contribution in [1.29, 1.82) is 0 Å². The van der Waals surface area contributed by atoms with Crippen molar-refractivity contribution in [2.24, 2.45) is 5.92 Å². The van der Waals surface area contributed by atoms with Crippen molar-refractivity contribution in [2.75, 3.05) is 13.1 Å². The molecule has 1 unspecified atom stereocenters. The Hall–Kier alpha value is -1.62. The van der Waals surface area contributed by atoms with E-state index in [1.54, 1.807) is 17.0 Å². The third kappa shape index (κ3) is 3.67. The first-order valence-corrected chi connectivity index (χ1v) is 6.56. The molecule has 0 spiro atoms. The highest BCUT2D eigenvalue weighted by Crippen LogP contribution is 2.22. The van der Waals surface area contributed by atoms with E-state index >= 15 is 0 Å². The first-order chi connectivity index (χ1) is 9.06. The standard InChI is InChI=1S/C13H15ClN2O3/c14-10-3-5-15-11(7-10)13(19)16-6-4-9(8-16)1-2-12(17)18/h3,5,7,9H,1-2,4,6,8H2,(H,17,18). The molecule has 0 radical (unpaired) electrons. The summed E-state index contributed by atoms with van der Waals surface area (Å²) in [5.74, 6) is -0.666. The molecule has 1 aromatic rings. The molecule has 2 rings (SSSR count). The minimum atomic E-state index is -0.790. The lowest BCUT2D eigenvalue weighted by atomic mass is 10.0. The van der Waals surface area contributed by atoms with Crippen LogP contribution in [0.25, 0.3) is 0 Å². The molecule has 0 aromatic carbocycles. The predicted molar refractivity (Wildman–Crippen MR) is 70.1 cm³/mol. The summed E-state index contributed by atoms with van der Waals surface area (Å²) in [5, 5.41) is 9.14. The molecule has 1 saturated heterocycles. The number of pyridine rings is 1. The van der Waals surface area contributed by atoms with E-state index in [0.717, 1.165) is 6.42 Å². The molecule has 0 bridgehead atoms. The van der Waals surface area contributed by atoms with Crippen LogP contribution in [0.3, 0.4) is 0 Å². The van der Waals surface area contributed by atoms with Gasteiger partial charge >= 0.3 is 5.97 Å². The average Bonchev–Trinajstić information content (AvgIpc) is 2.84. The van der Waals surface area contributed by atoms with Gasteiger partial charge in [-0.1, -0.05) is 11.6 Å². The van der Waals surface area contributed by atoms with Gasteiger partial charge in [0.15, 0.2) is 0 Å². The molecule has 5 nitrogen and oxygen atoms in total. The van der Waals surface area contributed by atoms with Crippen LogP contribution < -0.4 is 0 Å². The number of carboxylic acid groups (broad SMARTS) is 1. The van der Waals surface area contributed by atoms with Gasteiger partial charge in [0.2, 0.25) is 0 Å². The third-order valence-corrected chi connectivity index (χ3v) is 3.52. The van der Waals surface area contributed by atoms with Crippen LogP contribution in [0.1, 0.15) is 29.8 Å². The van der Waals surface area contributed by atoms with Gasteiger partial charge in [0, 0.05) is 30.7 Å². The molecule has 2 heterocycles. The van der Waals surface area contributed by atoms with Gasteiger partial charge in [-0.25, -0.2) is 0 Å². The Morgan fingerprint density at radius 3 is 3.00 bits per heavy atom. The average molecular weight is 283 g/mol. The maximum absolute atomic E-state index is 12.2. The van der Waals surface area contributed by atoms with Gasteiger partial charge in [-0.3, -0.25) is 14.6 Å². The predicted octanol–water partition coefficient (Wildman–Crippen LogP) is 2.06. The molecular weight excluding hydrogens is 268 g/mol. The van der Waals surface area contributed by atoms with Crippen LogP contribution in [0.15, 0.2) is 18.3 Å². The van der Waals surface area contributed by atoms with Gasteiger partial charge < -0.3 is 10.0 Å². The number of carbonyl (C=O) groups excluding carboxylic acids is 1. The van der Waals surface area contributed by atoms with Gasteiger partial charge in [-0.2, -0.15) is 0 Å². The molecule has 1 fully saturated rings. The Bertz CT molecular complexity index is 493.